The molecule has 0 aliphatic carbocycles. The van der Waals surface area contributed by atoms with E-state index in [-0.39, 0.29) is 18.0 Å². The second kappa shape index (κ2) is 9.85. The Kier molecular flexibility index (Phi) is 6.81. The van der Waals surface area contributed by atoms with Crippen molar-refractivity contribution < 1.29 is 14.3 Å². The van der Waals surface area contributed by atoms with Crippen molar-refractivity contribution in [3.05, 3.63) is 36.5 Å². The fourth-order valence-corrected chi connectivity index (χ4v) is 6.24. The van der Waals surface area contributed by atoms with Crippen LogP contribution in [0.3, 0.4) is 0 Å². The van der Waals surface area contributed by atoms with Gasteiger partial charge in [0, 0.05) is 62.6 Å². The summed E-state index contributed by atoms with van der Waals surface area (Å²) in [6.45, 7) is 10.4. The highest BCUT2D eigenvalue weighted by Gasteiger charge is 2.45. The summed E-state index contributed by atoms with van der Waals surface area (Å²) >= 11 is 1.77. The first kappa shape index (κ1) is 24.2. The molecule has 1 aromatic carbocycles. The fraction of sp³-hybridized carbons (Fsp3) is 0.577. The molecule has 1 aromatic heterocycles. The molecular formula is C26H35N5O3S. The molecule has 5 rings (SSSR count). The molecule has 0 N–H and O–H groups in total. The number of ether oxygens (including phenoxy) is 1. The summed E-state index contributed by atoms with van der Waals surface area (Å²) in [4.78, 5) is 39.5. The second-order valence-corrected chi connectivity index (χ2v) is 11.6. The predicted molar refractivity (Wildman–Crippen MR) is 140 cm³/mol. The molecule has 9 heteroatoms. The summed E-state index contributed by atoms with van der Waals surface area (Å²) in [6, 6.07) is 10.1. The first-order valence-corrected chi connectivity index (χ1v) is 13.6. The fourth-order valence-electron chi connectivity index (χ4n) is 5.29. The summed E-state index contributed by atoms with van der Waals surface area (Å²) in [5, 5.41) is 2.37. The first-order valence-electron chi connectivity index (χ1n) is 12.5. The lowest BCUT2D eigenvalue weighted by Gasteiger charge is -2.38. The molecule has 2 atom stereocenters. The van der Waals surface area contributed by atoms with E-state index in [1.807, 2.05) is 31.9 Å². The Morgan fingerprint density at radius 3 is 2.54 bits per heavy atom. The van der Waals surface area contributed by atoms with Crippen molar-refractivity contribution >= 4 is 40.4 Å². The minimum Gasteiger partial charge on any atom is -0.444 e. The van der Waals surface area contributed by atoms with Gasteiger partial charge in [-0.2, -0.15) is 0 Å². The van der Waals surface area contributed by atoms with Crippen LogP contribution < -0.4 is 4.90 Å². The monoisotopic (exact) mass is 497 g/mol. The molecule has 0 saturated carbocycles. The predicted octanol–water partition coefficient (Wildman–Crippen LogP) is 3.27. The van der Waals surface area contributed by atoms with Crippen LogP contribution >= 0.6 is 11.8 Å². The number of hydrogen-bond donors (Lipinski definition) is 0. The van der Waals surface area contributed by atoms with E-state index in [1.54, 1.807) is 16.7 Å². The van der Waals surface area contributed by atoms with Gasteiger partial charge in [0.2, 0.25) is 5.91 Å². The van der Waals surface area contributed by atoms with Gasteiger partial charge in [-0.05, 0) is 38.6 Å². The Hall–Kier alpha value is -2.52. The van der Waals surface area contributed by atoms with Crippen LogP contribution in [0.15, 0.2) is 36.5 Å². The second-order valence-electron chi connectivity index (χ2n) is 10.6. The molecular weight excluding hydrogens is 462 g/mol. The van der Waals surface area contributed by atoms with E-state index in [0.29, 0.717) is 18.8 Å². The first-order chi connectivity index (χ1) is 16.8. The van der Waals surface area contributed by atoms with Gasteiger partial charge >= 0.3 is 6.09 Å². The molecule has 3 aliphatic rings. The molecule has 3 aliphatic heterocycles. The van der Waals surface area contributed by atoms with E-state index in [2.05, 4.69) is 45.1 Å². The van der Waals surface area contributed by atoms with Crippen molar-refractivity contribution in [3.63, 3.8) is 0 Å². The molecule has 0 radical (unpaired) electrons. The molecule has 0 bridgehead atoms. The van der Waals surface area contributed by atoms with E-state index < -0.39 is 11.6 Å². The Bertz CT molecular complexity index is 1070. The number of amides is 2. The number of aromatic nitrogens is 1. The smallest absolute Gasteiger partial charge is 0.411 e. The van der Waals surface area contributed by atoms with Gasteiger partial charge in [0.15, 0.2) is 0 Å². The lowest BCUT2D eigenvalue weighted by Crippen LogP contribution is -2.51. The zero-order valence-electron chi connectivity index (χ0n) is 20.9. The topological polar surface area (TPSA) is 69.2 Å². The zero-order valence-corrected chi connectivity index (χ0v) is 21.7. The van der Waals surface area contributed by atoms with Crippen molar-refractivity contribution in [2.24, 2.45) is 0 Å². The summed E-state index contributed by atoms with van der Waals surface area (Å²) in [7, 11) is 0. The van der Waals surface area contributed by atoms with E-state index in [1.165, 1.54) is 10.8 Å². The quantitative estimate of drug-likeness (QED) is 0.645. The maximum Gasteiger partial charge on any atom is 0.411 e. The lowest BCUT2D eigenvalue weighted by atomic mass is 10.1. The highest BCUT2D eigenvalue weighted by molar-refractivity contribution is 7.99. The van der Waals surface area contributed by atoms with Gasteiger partial charge in [-0.25, -0.2) is 9.78 Å². The van der Waals surface area contributed by atoms with Crippen LogP contribution in [0.2, 0.25) is 0 Å². The number of likely N-dealkylation sites (tertiary alicyclic amines) is 1. The SMILES string of the molecule is CC(C)(C)OC(=O)N1C[C@@H](N2CCN(c3nccc4ccccc34)CC2)C[C@H]1C(=O)N1CCSC1. The van der Waals surface area contributed by atoms with Gasteiger partial charge in [0.05, 0.1) is 5.88 Å². The van der Waals surface area contributed by atoms with Crippen molar-refractivity contribution in [1.29, 1.82) is 0 Å². The largest absolute Gasteiger partial charge is 0.444 e. The number of piperazine rings is 1. The van der Waals surface area contributed by atoms with Crippen LogP contribution in [0.1, 0.15) is 27.2 Å². The lowest BCUT2D eigenvalue weighted by molar-refractivity contribution is -0.134. The van der Waals surface area contributed by atoms with Crippen LogP contribution in [0.5, 0.6) is 0 Å². The summed E-state index contributed by atoms with van der Waals surface area (Å²) in [6.07, 6.45) is 2.15. The van der Waals surface area contributed by atoms with Crippen LogP contribution in [0.4, 0.5) is 10.6 Å². The Morgan fingerprint density at radius 1 is 1.06 bits per heavy atom. The molecule has 3 saturated heterocycles. The number of rotatable bonds is 3. The third-order valence-electron chi connectivity index (χ3n) is 7.04. The van der Waals surface area contributed by atoms with E-state index in [0.717, 1.165) is 44.3 Å². The molecule has 188 valence electrons. The van der Waals surface area contributed by atoms with Gasteiger partial charge in [0.25, 0.3) is 0 Å². The maximum absolute atomic E-state index is 13.3. The molecule has 0 spiro atoms. The van der Waals surface area contributed by atoms with Gasteiger partial charge in [-0.1, -0.05) is 24.3 Å². The average molecular weight is 498 g/mol. The van der Waals surface area contributed by atoms with Crippen molar-refractivity contribution in [2.75, 3.05) is 55.8 Å². The molecule has 3 fully saturated rings. The maximum atomic E-state index is 13.3. The van der Waals surface area contributed by atoms with Gasteiger partial charge in [-0.15, -0.1) is 11.8 Å². The highest BCUT2D eigenvalue weighted by atomic mass is 32.2. The van der Waals surface area contributed by atoms with Crippen LogP contribution in [-0.4, -0.2) is 100 Å². The minimum atomic E-state index is -0.594. The molecule has 2 aromatic rings. The van der Waals surface area contributed by atoms with Crippen LogP contribution in [0, 0.1) is 0 Å². The molecule has 35 heavy (non-hydrogen) atoms. The summed E-state index contributed by atoms with van der Waals surface area (Å²) < 4.78 is 5.69. The zero-order chi connectivity index (χ0) is 24.6. The number of hydrogen-bond acceptors (Lipinski definition) is 7. The molecule has 4 heterocycles. The Labute approximate surface area is 211 Å². The van der Waals surface area contributed by atoms with E-state index in [4.69, 9.17) is 4.74 Å². The van der Waals surface area contributed by atoms with Crippen molar-refractivity contribution in [1.82, 2.24) is 19.7 Å². The van der Waals surface area contributed by atoms with Crippen LogP contribution in [-0.2, 0) is 9.53 Å². The van der Waals surface area contributed by atoms with Crippen molar-refractivity contribution in [2.45, 2.75) is 44.9 Å². The van der Waals surface area contributed by atoms with Gasteiger partial charge in [-0.3, -0.25) is 14.6 Å². The number of nitrogens with zero attached hydrogens (tertiary/aromatic N) is 5. The molecule has 8 nitrogen and oxygen atoms in total. The van der Waals surface area contributed by atoms with Gasteiger partial charge < -0.3 is 14.5 Å². The number of fused-ring (bicyclic) bond motifs is 1. The van der Waals surface area contributed by atoms with E-state index >= 15 is 0 Å². The number of thioether (sulfide) groups is 1. The average Bonchev–Trinajstić information content (AvgIpc) is 3.53. The van der Waals surface area contributed by atoms with Crippen LogP contribution in [0.25, 0.3) is 10.8 Å². The standard InChI is InChI=1S/C26H35N5O3S/c1-26(2,3)34-25(33)31-17-20(16-22(31)24(32)30-14-15-35-18-30)28-10-12-29(13-11-28)23-21-7-5-4-6-19(21)8-9-27-23/h4-9,20,22H,10-18H2,1-3H3/t20-,22-/m0/s1. The number of carbonyl (C=O) groups is 2. The number of anilines is 1. The molecule has 0 unspecified atom stereocenters. The Balaban J connectivity index is 1.28. The summed E-state index contributed by atoms with van der Waals surface area (Å²) in [5.74, 6) is 2.75. The summed E-state index contributed by atoms with van der Waals surface area (Å²) in [5.41, 5.74) is -0.594. The highest BCUT2D eigenvalue weighted by Crippen LogP contribution is 2.30. The van der Waals surface area contributed by atoms with Crippen molar-refractivity contribution in [3.8, 4) is 0 Å². The molecule has 2 amide bonds. The third-order valence-corrected chi connectivity index (χ3v) is 8.00. The number of pyridine rings is 1. The minimum absolute atomic E-state index is 0.0574. The number of benzene rings is 1. The van der Waals surface area contributed by atoms with Gasteiger partial charge in [0.1, 0.15) is 17.5 Å². The third kappa shape index (κ3) is 5.21. The normalized spacial score (nSPS) is 23.8. The Morgan fingerprint density at radius 2 is 1.83 bits per heavy atom. The number of carbonyl (C=O) groups excluding carboxylic acids is 2. The van der Waals surface area contributed by atoms with E-state index in [9.17, 15) is 9.59 Å².